The van der Waals surface area contributed by atoms with Crippen LogP contribution < -0.4 is 19.9 Å². The van der Waals surface area contributed by atoms with E-state index in [1.807, 2.05) is 0 Å². The Bertz CT molecular complexity index is 1150. The number of ether oxygens (including phenoxy) is 4. The topological polar surface area (TPSA) is 179 Å². The molecule has 1 amide bonds. The highest BCUT2D eigenvalue weighted by Gasteiger charge is 2.20. The van der Waals surface area contributed by atoms with E-state index in [1.54, 1.807) is 0 Å². The van der Waals surface area contributed by atoms with E-state index in [4.69, 9.17) is 29.2 Å². The Morgan fingerprint density at radius 1 is 1.12 bits per heavy atom. The molecule has 0 aliphatic carbocycles. The summed E-state index contributed by atoms with van der Waals surface area (Å²) in [6.45, 7) is -0.742. The molecule has 0 atom stereocenters. The molecule has 0 spiro atoms. The molecular formula is C20H18N4O9. The van der Waals surface area contributed by atoms with Gasteiger partial charge in [0.15, 0.2) is 24.7 Å². The number of nitro benzene ring substituents is 1. The lowest BCUT2D eigenvalue weighted by atomic mass is 10.2. The Hall–Kier alpha value is -4.68. The van der Waals surface area contributed by atoms with Crippen molar-refractivity contribution >= 4 is 17.6 Å². The van der Waals surface area contributed by atoms with E-state index < -0.39 is 23.4 Å². The molecule has 33 heavy (non-hydrogen) atoms. The molecule has 0 unspecified atom stereocenters. The van der Waals surface area contributed by atoms with Gasteiger partial charge in [-0.05, 0) is 24.3 Å². The average Bonchev–Trinajstić information content (AvgIpc) is 3.29. The number of nitro groups is 1. The Balaban J connectivity index is 1.70. The molecule has 2 N–H and O–H groups in total. The highest BCUT2D eigenvalue weighted by molar-refractivity contribution is 5.91. The lowest BCUT2D eigenvalue weighted by Crippen LogP contribution is -2.20. The first-order valence-corrected chi connectivity index (χ1v) is 9.24. The summed E-state index contributed by atoms with van der Waals surface area (Å²) in [7, 11) is 2.69. The summed E-state index contributed by atoms with van der Waals surface area (Å²) in [5, 5.41) is 14.5. The third kappa shape index (κ3) is 5.52. The average molecular weight is 458 g/mol. The standard InChI is InChI=1S/C20H18N4O9/c1-29-14-7-12(8-15(30-2)18(14)31-9-16(21)25)20(26)32-10-17-22-19(23-33-17)11-3-5-13(6-4-11)24(27)28/h3-8H,9-10H2,1-2H3,(H2,21,25). The third-order valence-electron chi connectivity index (χ3n) is 4.19. The molecule has 3 aromatic rings. The Morgan fingerprint density at radius 2 is 1.76 bits per heavy atom. The first kappa shape index (κ1) is 23.0. The van der Waals surface area contributed by atoms with Crippen molar-refractivity contribution < 1.29 is 38.0 Å². The number of primary amides is 1. The predicted octanol–water partition coefficient (Wildman–Crippen LogP) is 1.88. The zero-order chi connectivity index (χ0) is 24.0. The fraction of sp³-hybridized carbons (Fsp3) is 0.200. The van der Waals surface area contributed by atoms with Crippen LogP contribution in [-0.2, 0) is 16.1 Å². The van der Waals surface area contributed by atoms with Gasteiger partial charge in [0.05, 0.1) is 24.7 Å². The summed E-state index contributed by atoms with van der Waals surface area (Å²) in [6.07, 6.45) is 0. The van der Waals surface area contributed by atoms with Gasteiger partial charge < -0.3 is 29.2 Å². The number of methoxy groups -OCH3 is 2. The van der Waals surface area contributed by atoms with Crippen LogP contribution in [0.5, 0.6) is 17.2 Å². The van der Waals surface area contributed by atoms with Crippen LogP contribution >= 0.6 is 0 Å². The molecule has 0 fully saturated rings. The van der Waals surface area contributed by atoms with Gasteiger partial charge >= 0.3 is 5.97 Å². The summed E-state index contributed by atoms with van der Waals surface area (Å²) < 4.78 is 26.0. The van der Waals surface area contributed by atoms with Crippen LogP contribution in [0.3, 0.4) is 0 Å². The smallest absolute Gasteiger partial charge is 0.338 e. The number of rotatable bonds is 10. The molecule has 0 saturated carbocycles. The van der Waals surface area contributed by atoms with E-state index in [0.717, 1.165) is 0 Å². The van der Waals surface area contributed by atoms with E-state index in [2.05, 4.69) is 10.1 Å². The van der Waals surface area contributed by atoms with Crippen molar-refractivity contribution in [1.29, 1.82) is 0 Å². The van der Waals surface area contributed by atoms with Gasteiger partial charge in [0.2, 0.25) is 11.6 Å². The molecule has 0 aliphatic heterocycles. The van der Waals surface area contributed by atoms with E-state index in [-0.39, 0.29) is 46.8 Å². The number of nitrogens with two attached hydrogens (primary N) is 1. The number of carbonyl (C=O) groups excluding carboxylic acids is 2. The van der Waals surface area contributed by atoms with Gasteiger partial charge in [-0.25, -0.2) is 4.79 Å². The fourth-order valence-electron chi connectivity index (χ4n) is 2.66. The molecule has 0 radical (unpaired) electrons. The summed E-state index contributed by atoms with van der Waals surface area (Å²) >= 11 is 0. The van der Waals surface area contributed by atoms with Crippen LogP contribution in [-0.4, -0.2) is 47.8 Å². The van der Waals surface area contributed by atoms with Crippen molar-refractivity contribution in [1.82, 2.24) is 10.1 Å². The maximum absolute atomic E-state index is 12.5. The Labute approximate surface area is 186 Å². The molecule has 0 aliphatic rings. The maximum Gasteiger partial charge on any atom is 0.338 e. The second-order valence-electron chi connectivity index (χ2n) is 6.36. The van der Waals surface area contributed by atoms with Gasteiger partial charge in [-0.15, -0.1) is 0 Å². The summed E-state index contributed by atoms with van der Waals surface area (Å²) in [6, 6.07) is 8.25. The number of nitrogens with zero attached hydrogens (tertiary/aromatic N) is 3. The fourth-order valence-corrected chi connectivity index (χ4v) is 2.66. The first-order valence-electron chi connectivity index (χ1n) is 9.24. The second-order valence-corrected chi connectivity index (χ2v) is 6.36. The summed E-state index contributed by atoms with van der Waals surface area (Å²) in [5.74, 6) is -0.910. The quantitative estimate of drug-likeness (QED) is 0.266. The molecule has 0 saturated heterocycles. The minimum Gasteiger partial charge on any atom is -0.493 e. The number of hydrogen-bond donors (Lipinski definition) is 1. The van der Waals surface area contributed by atoms with E-state index in [0.29, 0.717) is 5.56 Å². The molecule has 13 nitrogen and oxygen atoms in total. The third-order valence-corrected chi connectivity index (χ3v) is 4.19. The lowest BCUT2D eigenvalue weighted by Gasteiger charge is -2.15. The maximum atomic E-state index is 12.5. The van der Waals surface area contributed by atoms with Gasteiger partial charge in [-0.2, -0.15) is 4.98 Å². The number of non-ortho nitro benzene ring substituents is 1. The van der Waals surface area contributed by atoms with Gasteiger partial charge in [0.25, 0.3) is 17.5 Å². The van der Waals surface area contributed by atoms with Crippen molar-refractivity contribution in [2.45, 2.75) is 6.61 Å². The minimum absolute atomic E-state index is 0.0112. The highest BCUT2D eigenvalue weighted by atomic mass is 16.6. The molecule has 13 heteroatoms. The SMILES string of the molecule is COc1cc(C(=O)OCc2nc(-c3ccc([N+](=O)[O-])cc3)no2)cc(OC)c1OCC(N)=O. The van der Waals surface area contributed by atoms with E-state index in [1.165, 1.54) is 50.6 Å². The van der Waals surface area contributed by atoms with E-state index >= 15 is 0 Å². The Morgan fingerprint density at radius 3 is 2.30 bits per heavy atom. The van der Waals surface area contributed by atoms with Gasteiger partial charge in [0.1, 0.15) is 0 Å². The monoisotopic (exact) mass is 458 g/mol. The number of esters is 1. The van der Waals surface area contributed by atoms with Crippen LogP contribution in [0.4, 0.5) is 5.69 Å². The second kappa shape index (κ2) is 10.1. The normalized spacial score (nSPS) is 10.4. The minimum atomic E-state index is -0.747. The predicted molar refractivity (Wildman–Crippen MR) is 110 cm³/mol. The van der Waals surface area contributed by atoms with Crippen LogP contribution in [0.15, 0.2) is 40.9 Å². The number of benzene rings is 2. The molecule has 3 rings (SSSR count). The van der Waals surface area contributed by atoms with Crippen molar-refractivity contribution in [3.05, 3.63) is 58.0 Å². The summed E-state index contributed by atoms with van der Waals surface area (Å²) in [5.41, 5.74) is 5.57. The summed E-state index contributed by atoms with van der Waals surface area (Å²) in [4.78, 5) is 37.8. The molecule has 1 heterocycles. The zero-order valence-corrected chi connectivity index (χ0v) is 17.5. The molecule has 1 aromatic heterocycles. The highest BCUT2D eigenvalue weighted by Crippen LogP contribution is 2.38. The number of carbonyl (C=O) groups is 2. The van der Waals surface area contributed by atoms with Gasteiger partial charge in [-0.3, -0.25) is 14.9 Å². The molecule has 0 bridgehead atoms. The van der Waals surface area contributed by atoms with Crippen LogP contribution in [0.1, 0.15) is 16.2 Å². The van der Waals surface area contributed by atoms with Gasteiger partial charge in [0, 0.05) is 17.7 Å². The van der Waals surface area contributed by atoms with Crippen molar-refractivity contribution in [2.24, 2.45) is 5.73 Å². The van der Waals surface area contributed by atoms with Crippen LogP contribution in [0, 0.1) is 10.1 Å². The first-order chi connectivity index (χ1) is 15.8. The van der Waals surface area contributed by atoms with Crippen LogP contribution in [0.2, 0.25) is 0 Å². The molecular weight excluding hydrogens is 440 g/mol. The number of aromatic nitrogens is 2. The van der Waals surface area contributed by atoms with Crippen LogP contribution in [0.25, 0.3) is 11.4 Å². The largest absolute Gasteiger partial charge is 0.493 e. The molecule has 172 valence electrons. The number of hydrogen-bond acceptors (Lipinski definition) is 11. The molecule has 2 aromatic carbocycles. The lowest BCUT2D eigenvalue weighted by molar-refractivity contribution is -0.384. The van der Waals surface area contributed by atoms with Crippen molar-refractivity contribution in [3.63, 3.8) is 0 Å². The van der Waals surface area contributed by atoms with Crippen molar-refractivity contribution in [2.75, 3.05) is 20.8 Å². The zero-order valence-electron chi connectivity index (χ0n) is 17.5. The Kier molecular flexibility index (Phi) is 7.03. The van der Waals surface area contributed by atoms with E-state index in [9.17, 15) is 19.7 Å². The number of amides is 1. The van der Waals surface area contributed by atoms with Crippen molar-refractivity contribution in [3.8, 4) is 28.6 Å². The van der Waals surface area contributed by atoms with Gasteiger partial charge in [-0.1, -0.05) is 5.16 Å².